The van der Waals surface area contributed by atoms with Gasteiger partial charge in [-0.05, 0) is 24.3 Å². The lowest BCUT2D eigenvalue weighted by Gasteiger charge is -2.13. The molecule has 28 heavy (non-hydrogen) atoms. The van der Waals surface area contributed by atoms with Crippen LogP contribution in [0, 0.1) is 0 Å². The van der Waals surface area contributed by atoms with Gasteiger partial charge in [-0.3, -0.25) is 14.2 Å². The lowest BCUT2D eigenvalue weighted by molar-refractivity contribution is -0.113. The number of hydrogen-bond donors (Lipinski definition) is 1. The number of ether oxygens (including phenoxy) is 1. The summed E-state index contributed by atoms with van der Waals surface area (Å²) < 4.78 is 6.62. The van der Waals surface area contributed by atoms with E-state index in [1.165, 1.54) is 16.3 Å². The second kappa shape index (κ2) is 9.43. The van der Waals surface area contributed by atoms with E-state index < -0.39 is 0 Å². The average molecular weight is 438 g/mol. The van der Waals surface area contributed by atoms with Gasteiger partial charge in [0.05, 0.1) is 45.5 Å². The van der Waals surface area contributed by atoms with Gasteiger partial charge in [-0.15, -0.1) is 0 Å². The van der Waals surface area contributed by atoms with Crippen molar-refractivity contribution >= 4 is 57.5 Å². The first-order valence-electron chi connectivity index (χ1n) is 8.36. The van der Waals surface area contributed by atoms with E-state index >= 15 is 0 Å². The number of thioether (sulfide) groups is 1. The number of carbonyl (C=O) groups excluding carboxylic acids is 1. The van der Waals surface area contributed by atoms with E-state index in [0.29, 0.717) is 39.9 Å². The van der Waals surface area contributed by atoms with Crippen molar-refractivity contribution in [3.63, 3.8) is 0 Å². The molecular weight excluding hydrogens is 421 g/mol. The van der Waals surface area contributed by atoms with Crippen molar-refractivity contribution in [2.45, 2.75) is 11.7 Å². The Kier molecular flexibility index (Phi) is 6.96. The predicted octanol–water partition coefficient (Wildman–Crippen LogP) is 4.08. The number of para-hydroxylation sites is 1. The van der Waals surface area contributed by atoms with E-state index in [0.717, 1.165) is 0 Å². The molecule has 0 aliphatic rings. The van der Waals surface area contributed by atoms with Crippen LogP contribution in [0.15, 0.2) is 52.4 Å². The molecule has 6 nitrogen and oxygen atoms in total. The summed E-state index contributed by atoms with van der Waals surface area (Å²) in [6, 6.07) is 12.1. The summed E-state index contributed by atoms with van der Waals surface area (Å²) in [5.41, 5.74) is 0.855. The number of anilines is 1. The van der Waals surface area contributed by atoms with E-state index in [1.54, 1.807) is 43.5 Å². The minimum Gasteiger partial charge on any atom is -0.383 e. The summed E-state index contributed by atoms with van der Waals surface area (Å²) >= 11 is 13.2. The molecule has 0 saturated carbocycles. The molecule has 0 aliphatic heterocycles. The first-order valence-corrected chi connectivity index (χ1v) is 10.1. The van der Waals surface area contributed by atoms with E-state index in [1.807, 2.05) is 6.07 Å². The van der Waals surface area contributed by atoms with Crippen LogP contribution < -0.4 is 10.9 Å². The third-order valence-corrected chi connectivity index (χ3v) is 5.70. The SMILES string of the molecule is COCCn1c(SCC(=O)Nc2cccc(Cl)c2Cl)nc2ccccc2c1=O. The third kappa shape index (κ3) is 4.67. The molecule has 2 aromatic carbocycles. The maximum Gasteiger partial charge on any atom is 0.262 e. The molecule has 3 aromatic rings. The summed E-state index contributed by atoms with van der Waals surface area (Å²) in [5, 5.41) is 4.34. The van der Waals surface area contributed by atoms with Crippen molar-refractivity contribution in [2.75, 3.05) is 24.8 Å². The molecule has 0 fully saturated rings. The Morgan fingerprint density at radius 2 is 2.00 bits per heavy atom. The Morgan fingerprint density at radius 3 is 2.79 bits per heavy atom. The molecule has 0 saturated heterocycles. The summed E-state index contributed by atoms with van der Waals surface area (Å²) in [7, 11) is 1.56. The van der Waals surface area contributed by atoms with Gasteiger partial charge in [0.15, 0.2) is 5.16 Å². The van der Waals surface area contributed by atoms with E-state index in [4.69, 9.17) is 27.9 Å². The van der Waals surface area contributed by atoms with Crippen LogP contribution in [0.2, 0.25) is 10.0 Å². The van der Waals surface area contributed by atoms with Gasteiger partial charge >= 0.3 is 0 Å². The molecule has 0 atom stereocenters. The topological polar surface area (TPSA) is 73.2 Å². The van der Waals surface area contributed by atoms with Crippen LogP contribution in [0.3, 0.4) is 0 Å². The van der Waals surface area contributed by atoms with Crippen LogP contribution in [0.5, 0.6) is 0 Å². The first kappa shape index (κ1) is 20.7. The first-order chi connectivity index (χ1) is 13.5. The minimum absolute atomic E-state index is 0.0562. The standard InChI is InChI=1S/C19H17Cl2N3O3S/c1-27-10-9-24-18(26)12-5-2-3-7-14(12)23-19(24)28-11-16(25)22-15-8-4-6-13(20)17(15)21/h2-8H,9-11H2,1H3,(H,22,25). The summed E-state index contributed by atoms with van der Waals surface area (Å²) in [6.07, 6.45) is 0. The largest absolute Gasteiger partial charge is 0.383 e. The molecule has 1 heterocycles. The molecular formula is C19H17Cl2N3O3S. The summed E-state index contributed by atoms with van der Waals surface area (Å²) in [4.78, 5) is 29.7. The van der Waals surface area contributed by atoms with Gasteiger partial charge in [0.2, 0.25) is 5.91 Å². The number of benzene rings is 2. The molecule has 0 radical (unpaired) electrons. The highest BCUT2D eigenvalue weighted by molar-refractivity contribution is 7.99. The van der Waals surface area contributed by atoms with Crippen LogP contribution in [0.4, 0.5) is 5.69 Å². The fourth-order valence-electron chi connectivity index (χ4n) is 2.55. The van der Waals surface area contributed by atoms with Crippen LogP contribution >= 0.6 is 35.0 Å². The molecule has 9 heteroatoms. The van der Waals surface area contributed by atoms with Crippen LogP contribution in [0.25, 0.3) is 10.9 Å². The highest BCUT2D eigenvalue weighted by atomic mass is 35.5. The number of amides is 1. The van der Waals surface area contributed by atoms with Gasteiger partial charge in [0.1, 0.15) is 0 Å². The molecule has 3 rings (SSSR count). The number of rotatable bonds is 7. The van der Waals surface area contributed by atoms with Crippen LogP contribution in [0.1, 0.15) is 0 Å². The zero-order chi connectivity index (χ0) is 20.1. The quantitative estimate of drug-likeness (QED) is 0.445. The average Bonchev–Trinajstić information content (AvgIpc) is 2.69. The Morgan fingerprint density at radius 1 is 1.21 bits per heavy atom. The molecule has 1 amide bonds. The molecule has 0 bridgehead atoms. The van der Waals surface area contributed by atoms with Gasteiger partial charge in [0, 0.05) is 7.11 Å². The highest BCUT2D eigenvalue weighted by Crippen LogP contribution is 2.29. The number of hydrogen-bond acceptors (Lipinski definition) is 5. The Balaban J connectivity index is 1.81. The Labute approximate surface area is 175 Å². The number of nitrogens with zero attached hydrogens (tertiary/aromatic N) is 2. The van der Waals surface area contributed by atoms with Crippen molar-refractivity contribution in [2.24, 2.45) is 0 Å². The fourth-order valence-corrected chi connectivity index (χ4v) is 3.73. The number of halogens is 2. The van der Waals surface area contributed by atoms with E-state index in [-0.39, 0.29) is 22.2 Å². The van der Waals surface area contributed by atoms with Crippen LogP contribution in [-0.2, 0) is 16.1 Å². The van der Waals surface area contributed by atoms with Crippen LogP contribution in [-0.4, -0.2) is 34.9 Å². The van der Waals surface area contributed by atoms with Crippen molar-refractivity contribution in [3.8, 4) is 0 Å². The lowest BCUT2D eigenvalue weighted by atomic mass is 10.2. The van der Waals surface area contributed by atoms with Gasteiger partial charge in [-0.25, -0.2) is 4.98 Å². The lowest BCUT2D eigenvalue weighted by Crippen LogP contribution is -2.26. The molecule has 1 N–H and O–H groups in total. The predicted molar refractivity (Wildman–Crippen MR) is 114 cm³/mol. The molecule has 0 spiro atoms. The maximum atomic E-state index is 12.8. The monoisotopic (exact) mass is 437 g/mol. The normalized spacial score (nSPS) is 11.0. The van der Waals surface area contributed by atoms with Gasteiger partial charge in [-0.1, -0.05) is 53.2 Å². The van der Waals surface area contributed by atoms with Crippen molar-refractivity contribution in [3.05, 3.63) is 62.9 Å². The van der Waals surface area contributed by atoms with E-state index in [2.05, 4.69) is 10.3 Å². The summed E-state index contributed by atoms with van der Waals surface area (Å²) in [6.45, 7) is 0.703. The number of nitrogens with one attached hydrogen (secondary N) is 1. The van der Waals surface area contributed by atoms with Gasteiger partial charge < -0.3 is 10.1 Å². The molecule has 146 valence electrons. The highest BCUT2D eigenvalue weighted by Gasteiger charge is 2.14. The third-order valence-electron chi connectivity index (χ3n) is 3.90. The second-order valence-corrected chi connectivity index (χ2v) is 7.53. The fraction of sp³-hybridized carbons (Fsp3) is 0.211. The van der Waals surface area contributed by atoms with Gasteiger partial charge in [-0.2, -0.15) is 0 Å². The molecule has 0 aliphatic carbocycles. The number of carbonyl (C=O) groups is 1. The maximum absolute atomic E-state index is 12.8. The molecule has 1 aromatic heterocycles. The number of aromatic nitrogens is 2. The Hall–Kier alpha value is -2.06. The van der Waals surface area contributed by atoms with Crippen molar-refractivity contribution in [1.82, 2.24) is 9.55 Å². The van der Waals surface area contributed by atoms with Crippen molar-refractivity contribution in [1.29, 1.82) is 0 Å². The number of methoxy groups -OCH3 is 1. The second-order valence-electron chi connectivity index (χ2n) is 5.80. The van der Waals surface area contributed by atoms with E-state index in [9.17, 15) is 9.59 Å². The zero-order valence-corrected chi connectivity index (χ0v) is 17.3. The minimum atomic E-state index is -0.283. The van der Waals surface area contributed by atoms with Crippen molar-refractivity contribution < 1.29 is 9.53 Å². The Bertz CT molecular complexity index is 1070. The number of fused-ring (bicyclic) bond motifs is 1. The molecule has 0 unspecified atom stereocenters. The summed E-state index contributed by atoms with van der Waals surface area (Å²) in [5.74, 6) is -0.226. The zero-order valence-electron chi connectivity index (χ0n) is 14.9. The smallest absolute Gasteiger partial charge is 0.262 e. The van der Waals surface area contributed by atoms with Gasteiger partial charge in [0.25, 0.3) is 5.56 Å².